The Bertz CT molecular complexity index is 572. The largest absolute Gasteiger partial charge is 0.368 e. The van der Waals surface area contributed by atoms with Crippen LogP contribution in [0.15, 0.2) is 24.3 Å². The number of halogens is 1. The molecule has 3 rings (SSSR count). The van der Waals surface area contributed by atoms with Crippen molar-refractivity contribution in [3.05, 3.63) is 34.9 Å². The average Bonchev–Trinajstić information content (AvgIpc) is 2.84. The van der Waals surface area contributed by atoms with Crippen molar-refractivity contribution in [1.29, 1.82) is 0 Å². The van der Waals surface area contributed by atoms with Crippen molar-refractivity contribution in [3.63, 3.8) is 0 Å². The Hall–Kier alpha value is -1.75. The molecule has 5 nitrogen and oxygen atoms in total. The van der Waals surface area contributed by atoms with Gasteiger partial charge in [-0.05, 0) is 37.0 Å². The lowest BCUT2D eigenvalue weighted by Crippen LogP contribution is -2.30. The highest BCUT2D eigenvalue weighted by atomic mass is 35.5. The van der Waals surface area contributed by atoms with Gasteiger partial charge in [0.05, 0.1) is 6.54 Å². The van der Waals surface area contributed by atoms with Crippen LogP contribution in [0.5, 0.6) is 0 Å². The van der Waals surface area contributed by atoms with E-state index in [1.165, 1.54) is 19.3 Å². The number of aromatic nitrogens is 3. The first-order valence-corrected chi connectivity index (χ1v) is 7.30. The molecule has 1 saturated heterocycles. The monoisotopic (exact) mass is 291 g/mol. The molecular formula is C14H18ClN5. The van der Waals surface area contributed by atoms with E-state index in [1.54, 1.807) is 4.68 Å². The molecule has 0 aliphatic carbocycles. The number of rotatable bonds is 3. The summed E-state index contributed by atoms with van der Waals surface area (Å²) in [4.78, 5) is 6.58. The van der Waals surface area contributed by atoms with Gasteiger partial charge in [0, 0.05) is 18.1 Å². The standard InChI is InChI=1S/C14H18ClN5/c15-12-6-4-11(5-7-12)10-20-13(16)17-14(18-20)19-8-2-1-3-9-19/h4-7H,1-3,8-10H2,(H2,16,17,18). The minimum absolute atomic E-state index is 0.459. The molecule has 1 aliphatic rings. The fourth-order valence-electron chi connectivity index (χ4n) is 2.45. The first kappa shape index (κ1) is 13.2. The smallest absolute Gasteiger partial charge is 0.246 e. The van der Waals surface area contributed by atoms with Crippen molar-refractivity contribution >= 4 is 23.5 Å². The molecule has 2 N–H and O–H groups in total. The number of nitrogens with zero attached hydrogens (tertiary/aromatic N) is 4. The summed E-state index contributed by atoms with van der Waals surface area (Å²) in [5, 5.41) is 5.26. The van der Waals surface area contributed by atoms with E-state index in [9.17, 15) is 0 Å². The highest BCUT2D eigenvalue weighted by molar-refractivity contribution is 6.30. The van der Waals surface area contributed by atoms with Gasteiger partial charge in [0.15, 0.2) is 0 Å². The van der Waals surface area contributed by atoms with Gasteiger partial charge in [-0.3, -0.25) is 0 Å². The van der Waals surface area contributed by atoms with Gasteiger partial charge in [0.25, 0.3) is 0 Å². The second-order valence-corrected chi connectivity index (χ2v) is 5.54. The van der Waals surface area contributed by atoms with Gasteiger partial charge in [0.2, 0.25) is 11.9 Å². The first-order chi connectivity index (χ1) is 9.72. The van der Waals surface area contributed by atoms with Gasteiger partial charge in [-0.15, -0.1) is 5.10 Å². The molecule has 106 valence electrons. The van der Waals surface area contributed by atoms with Crippen molar-refractivity contribution in [2.45, 2.75) is 25.8 Å². The third kappa shape index (κ3) is 2.88. The number of benzene rings is 1. The van der Waals surface area contributed by atoms with E-state index in [1.807, 2.05) is 24.3 Å². The predicted octanol–water partition coefficient (Wildman–Crippen LogP) is 2.55. The summed E-state index contributed by atoms with van der Waals surface area (Å²) in [5.74, 6) is 1.21. The number of nitrogens with two attached hydrogens (primary N) is 1. The molecule has 2 heterocycles. The topological polar surface area (TPSA) is 60.0 Å². The predicted molar refractivity (Wildman–Crippen MR) is 81.1 cm³/mol. The normalized spacial score (nSPS) is 15.6. The van der Waals surface area contributed by atoms with Crippen molar-refractivity contribution in [3.8, 4) is 0 Å². The SMILES string of the molecule is Nc1nc(N2CCCCC2)nn1Cc1ccc(Cl)cc1. The maximum absolute atomic E-state index is 5.96. The third-order valence-corrected chi connectivity index (χ3v) is 3.83. The van der Waals surface area contributed by atoms with Gasteiger partial charge < -0.3 is 10.6 Å². The Morgan fingerprint density at radius 3 is 2.50 bits per heavy atom. The van der Waals surface area contributed by atoms with Crippen LogP contribution in [0.2, 0.25) is 5.02 Å². The molecule has 20 heavy (non-hydrogen) atoms. The Morgan fingerprint density at radius 1 is 1.10 bits per heavy atom. The Labute approximate surface area is 123 Å². The van der Waals surface area contributed by atoms with E-state index in [2.05, 4.69) is 15.0 Å². The molecule has 0 bridgehead atoms. The number of anilines is 2. The Kier molecular flexibility index (Phi) is 3.78. The van der Waals surface area contributed by atoms with Crippen LogP contribution in [0.25, 0.3) is 0 Å². The van der Waals surface area contributed by atoms with Gasteiger partial charge >= 0.3 is 0 Å². The van der Waals surface area contributed by atoms with Crippen molar-refractivity contribution < 1.29 is 0 Å². The second kappa shape index (κ2) is 5.71. The lowest BCUT2D eigenvalue weighted by atomic mass is 10.1. The average molecular weight is 292 g/mol. The Morgan fingerprint density at radius 2 is 1.80 bits per heavy atom. The van der Waals surface area contributed by atoms with E-state index in [0.717, 1.165) is 29.6 Å². The van der Waals surface area contributed by atoms with Crippen LogP contribution in [0.1, 0.15) is 24.8 Å². The summed E-state index contributed by atoms with van der Waals surface area (Å²) < 4.78 is 1.74. The zero-order chi connectivity index (χ0) is 13.9. The quantitative estimate of drug-likeness (QED) is 0.944. The van der Waals surface area contributed by atoms with Crippen molar-refractivity contribution in [1.82, 2.24) is 14.8 Å². The van der Waals surface area contributed by atoms with Crippen LogP contribution in [0.3, 0.4) is 0 Å². The highest BCUT2D eigenvalue weighted by Crippen LogP contribution is 2.18. The Balaban J connectivity index is 1.76. The zero-order valence-corrected chi connectivity index (χ0v) is 12.1. The lowest BCUT2D eigenvalue weighted by molar-refractivity contribution is 0.564. The summed E-state index contributed by atoms with van der Waals surface area (Å²) in [5.41, 5.74) is 7.07. The third-order valence-electron chi connectivity index (χ3n) is 3.57. The molecule has 0 atom stereocenters. The van der Waals surface area contributed by atoms with E-state index >= 15 is 0 Å². The van der Waals surface area contributed by atoms with E-state index < -0.39 is 0 Å². The highest BCUT2D eigenvalue weighted by Gasteiger charge is 2.16. The molecule has 1 aromatic carbocycles. The molecule has 0 saturated carbocycles. The fourth-order valence-corrected chi connectivity index (χ4v) is 2.57. The fraction of sp³-hybridized carbons (Fsp3) is 0.429. The number of piperidine rings is 1. The van der Waals surface area contributed by atoms with Crippen molar-refractivity contribution in [2.75, 3.05) is 23.7 Å². The van der Waals surface area contributed by atoms with Crippen LogP contribution >= 0.6 is 11.6 Å². The first-order valence-electron chi connectivity index (χ1n) is 6.92. The molecule has 0 radical (unpaired) electrons. The molecule has 0 spiro atoms. The minimum atomic E-state index is 0.459. The van der Waals surface area contributed by atoms with E-state index in [4.69, 9.17) is 17.3 Å². The molecule has 0 unspecified atom stereocenters. The number of hydrogen-bond acceptors (Lipinski definition) is 4. The molecular weight excluding hydrogens is 274 g/mol. The van der Waals surface area contributed by atoms with Crippen LogP contribution in [0, 0.1) is 0 Å². The summed E-state index contributed by atoms with van der Waals surface area (Å²) in [6.45, 7) is 2.65. The molecule has 1 aliphatic heterocycles. The number of nitrogen functional groups attached to an aromatic ring is 1. The number of hydrogen-bond donors (Lipinski definition) is 1. The van der Waals surface area contributed by atoms with E-state index in [0.29, 0.717) is 12.5 Å². The minimum Gasteiger partial charge on any atom is -0.368 e. The van der Waals surface area contributed by atoms with Gasteiger partial charge in [0.1, 0.15) is 0 Å². The maximum atomic E-state index is 5.96. The zero-order valence-electron chi connectivity index (χ0n) is 11.3. The molecule has 6 heteroatoms. The van der Waals surface area contributed by atoms with Gasteiger partial charge in [-0.25, -0.2) is 4.68 Å². The van der Waals surface area contributed by atoms with Gasteiger partial charge in [-0.2, -0.15) is 4.98 Å². The van der Waals surface area contributed by atoms with Crippen LogP contribution in [-0.4, -0.2) is 27.9 Å². The van der Waals surface area contributed by atoms with Crippen LogP contribution in [0.4, 0.5) is 11.9 Å². The molecule has 0 amide bonds. The lowest BCUT2D eigenvalue weighted by Gasteiger charge is -2.24. The molecule has 1 aromatic heterocycles. The summed E-state index contributed by atoms with van der Waals surface area (Å²) in [6.07, 6.45) is 3.69. The van der Waals surface area contributed by atoms with E-state index in [-0.39, 0.29) is 0 Å². The summed E-state index contributed by atoms with van der Waals surface area (Å²) >= 11 is 5.89. The van der Waals surface area contributed by atoms with Crippen molar-refractivity contribution in [2.24, 2.45) is 0 Å². The molecule has 2 aromatic rings. The second-order valence-electron chi connectivity index (χ2n) is 5.10. The maximum Gasteiger partial charge on any atom is 0.246 e. The van der Waals surface area contributed by atoms with Crippen LogP contribution in [-0.2, 0) is 6.54 Å². The summed E-state index contributed by atoms with van der Waals surface area (Å²) in [6, 6.07) is 7.69. The summed E-state index contributed by atoms with van der Waals surface area (Å²) in [7, 11) is 0. The van der Waals surface area contributed by atoms with Crippen LogP contribution < -0.4 is 10.6 Å². The van der Waals surface area contributed by atoms with Gasteiger partial charge in [-0.1, -0.05) is 23.7 Å². The molecule has 1 fully saturated rings.